The molecule has 0 saturated carbocycles. The number of piperidine rings is 1. The molecule has 108 valence electrons. The Labute approximate surface area is 122 Å². The highest BCUT2D eigenvalue weighted by Gasteiger charge is 2.22. The molecule has 0 spiro atoms. The molecule has 1 fully saturated rings. The Kier molecular flexibility index (Phi) is 4.98. The molecule has 1 unspecified atom stereocenters. The standard InChI is InChI=1S/C14H17ClN2O3/c1-20-14(19)10-6-5-9(15)8-12(10)17-13(18)11-4-2-3-7-16-11/h5-6,8,11,16H,2-4,7H2,1H3,(H,17,18). The molecule has 1 aliphatic rings. The van der Waals surface area contributed by atoms with Crippen molar-refractivity contribution >= 4 is 29.2 Å². The number of esters is 1. The van der Waals surface area contributed by atoms with Crippen molar-refractivity contribution in [3.05, 3.63) is 28.8 Å². The van der Waals surface area contributed by atoms with Crippen LogP contribution in [0.1, 0.15) is 29.6 Å². The zero-order valence-corrected chi connectivity index (χ0v) is 12.0. The first kappa shape index (κ1) is 14.8. The molecule has 0 aromatic heterocycles. The van der Waals surface area contributed by atoms with Crippen LogP contribution in [0.15, 0.2) is 18.2 Å². The quantitative estimate of drug-likeness (QED) is 0.839. The Morgan fingerprint density at radius 2 is 2.20 bits per heavy atom. The third-order valence-electron chi connectivity index (χ3n) is 3.27. The third-order valence-corrected chi connectivity index (χ3v) is 3.51. The van der Waals surface area contributed by atoms with Gasteiger partial charge >= 0.3 is 5.97 Å². The number of rotatable bonds is 3. The van der Waals surface area contributed by atoms with Crippen LogP contribution in [-0.4, -0.2) is 31.6 Å². The number of ether oxygens (including phenoxy) is 1. The van der Waals surface area contributed by atoms with E-state index in [1.807, 2.05) is 0 Å². The molecule has 1 heterocycles. The molecule has 0 aliphatic carbocycles. The van der Waals surface area contributed by atoms with Gasteiger partial charge in [0.1, 0.15) is 0 Å². The van der Waals surface area contributed by atoms with Gasteiger partial charge in [0, 0.05) is 5.02 Å². The molecule has 0 radical (unpaired) electrons. The van der Waals surface area contributed by atoms with Crippen LogP contribution in [0.25, 0.3) is 0 Å². The maximum atomic E-state index is 12.2. The lowest BCUT2D eigenvalue weighted by atomic mass is 10.0. The van der Waals surface area contributed by atoms with Crippen LogP contribution in [0.3, 0.4) is 0 Å². The Morgan fingerprint density at radius 1 is 1.40 bits per heavy atom. The average molecular weight is 297 g/mol. The van der Waals surface area contributed by atoms with E-state index in [-0.39, 0.29) is 11.9 Å². The van der Waals surface area contributed by atoms with Gasteiger partial charge in [-0.25, -0.2) is 4.79 Å². The molecule has 1 amide bonds. The van der Waals surface area contributed by atoms with Crippen molar-refractivity contribution in [2.75, 3.05) is 19.0 Å². The van der Waals surface area contributed by atoms with E-state index >= 15 is 0 Å². The molecular formula is C14H17ClN2O3. The lowest BCUT2D eigenvalue weighted by Crippen LogP contribution is -2.43. The lowest BCUT2D eigenvalue weighted by Gasteiger charge is -2.23. The molecule has 2 N–H and O–H groups in total. The molecule has 20 heavy (non-hydrogen) atoms. The highest BCUT2D eigenvalue weighted by molar-refractivity contribution is 6.31. The van der Waals surface area contributed by atoms with E-state index in [4.69, 9.17) is 16.3 Å². The van der Waals surface area contributed by atoms with Gasteiger partial charge < -0.3 is 15.4 Å². The largest absolute Gasteiger partial charge is 0.465 e. The van der Waals surface area contributed by atoms with Crippen molar-refractivity contribution in [2.45, 2.75) is 25.3 Å². The van der Waals surface area contributed by atoms with Gasteiger partial charge in [0.05, 0.1) is 24.4 Å². The summed E-state index contributed by atoms with van der Waals surface area (Å²) in [5, 5.41) is 6.35. The van der Waals surface area contributed by atoms with Crippen LogP contribution < -0.4 is 10.6 Å². The minimum atomic E-state index is -0.506. The first-order valence-electron chi connectivity index (χ1n) is 6.54. The van der Waals surface area contributed by atoms with Gasteiger partial charge in [-0.15, -0.1) is 0 Å². The van der Waals surface area contributed by atoms with Crippen molar-refractivity contribution in [3.63, 3.8) is 0 Å². The highest BCUT2D eigenvalue weighted by Crippen LogP contribution is 2.22. The van der Waals surface area contributed by atoms with Crippen molar-refractivity contribution in [1.29, 1.82) is 0 Å². The van der Waals surface area contributed by atoms with Crippen LogP contribution in [0.5, 0.6) is 0 Å². The highest BCUT2D eigenvalue weighted by atomic mass is 35.5. The first-order valence-corrected chi connectivity index (χ1v) is 6.91. The Hall–Kier alpha value is -1.59. The molecule has 1 aliphatic heterocycles. The molecule has 1 aromatic rings. The molecule has 6 heteroatoms. The summed E-state index contributed by atoms with van der Waals surface area (Å²) in [7, 11) is 1.30. The van der Waals surface area contributed by atoms with Crippen molar-refractivity contribution in [1.82, 2.24) is 5.32 Å². The van der Waals surface area contributed by atoms with E-state index in [1.54, 1.807) is 12.1 Å². The SMILES string of the molecule is COC(=O)c1ccc(Cl)cc1NC(=O)C1CCCCN1. The molecule has 2 rings (SSSR count). The van der Waals surface area contributed by atoms with Gasteiger partial charge in [-0.1, -0.05) is 18.0 Å². The van der Waals surface area contributed by atoms with Crippen LogP contribution >= 0.6 is 11.6 Å². The van der Waals surface area contributed by atoms with Crippen molar-refractivity contribution < 1.29 is 14.3 Å². The molecule has 1 aromatic carbocycles. The summed E-state index contributed by atoms with van der Waals surface area (Å²) in [5.41, 5.74) is 0.669. The van der Waals surface area contributed by atoms with Gasteiger partial charge in [-0.2, -0.15) is 0 Å². The average Bonchev–Trinajstić information content (AvgIpc) is 2.47. The smallest absolute Gasteiger partial charge is 0.339 e. The maximum absolute atomic E-state index is 12.2. The zero-order chi connectivity index (χ0) is 14.5. The van der Waals surface area contributed by atoms with Crippen LogP contribution in [0.4, 0.5) is 5.69 Å². The number of nitrogens with one attached hydrogen (secondary N) is 2. The normalized spacial score (nSPS) is 18.4. The number of benzene rings is 1. The maximum Gasteiger partial charge on any atom is 0.339 e. The van der Waals surface area contributed by atoms with Crippen LogP contribution in [0, 0.1) is 0 Å². The predicted molar refractivity (Wildman–Crippen MR) is 77.1 cm³/mol. The number of methoxy groups -OCH3 is 1. The Balaban J connectivity index is 2.16. The molecule has 1 atom stereocenters. The fourth-order valence-electron chi connectivity index (χ4n) is 2.20. The number of anilines is 1. The number of hydrogen-bond donors (Lipinski definition) is 2. The summed E-state index contributed by atoms with van der Waals surface area (Å²) < 4.78 is 4.69. The number of halogens is 1. The van der Waals surface area contributed by atoms with Crippen LogP contribution in [-0.2, 0) is 9.53 Å². The van der Waals surface area contributed by atoms with Crippen molar-refractivity contribution in [2.24, 2.45) is 0 Å². The molecule has 0 bridgehead atoms. The second kappa shape index (κ2) is 6.72. The number of amides is 1. The topological polar surface area (TPSA) is 67.4 Å². The minimum Gasteiger partial charge on any atom is -0.465 e. The Morgan fingerprint density at radius 3 is 2.85 bits per heavy atom. The lowest BCUT2D eigenvalue weighted by molar-refractivity contribution is -0.118. The number of hydrogen-bond acceptors (Lipinski definition) is 4. The fourth-order valence-corrected chi connectivity index (χ4v) is 2.38. The summed E-state index contributed by atoms with van der Waals surface area (Å²) in [6, 6.07) is 4.45. The third kappa shape index (κ3) is 3.49. The summed E-state index contributed by atoms with van der Waals surface area (Å²) in [6.07, 6.45) is 2.89. The van der Waals surface area contributed by atoms with E-state index in [0.29, 0.717) is 16.3 Å². The van der Waals surface area contributed by atoms with Gasteiger partial charge in [0.2, 0.25) is 5.91 Å². The second-order valence-electron chi connectivity index (χ2n) is 4.67. The van der Waals surface area contributed by atoms with E-state index in [9.17, 15) is 9.59 Å². The summed E-state index contributed by atoms with van der Waals surface area (Å²) >= 11 is 5.91. The first-order chi connectivity index (χ1) is 9.61. The van der Waals surface area contributed by atoms with Gasteiger partial charge in [-0.3, -0.25) is 4.79 Å². The summed E-state index contributed by atoms with van der Waals surface area (Å²) in [5.74, 6) is -0.661. The van der Waals surface area contributed by atoms with E-state index in [0.717, 1.165) is 25.8 Å². The number of carbonyl (C=O) groups excluding carboxylic acids is 2. The predicted octanol–water partition coefficient (Wildman–Crippen LogP) is 2.21. The van der Waals surface area contributed by atoms with Crippen LogP contribution in [0.2, 0.25) is 5.02 Å². The van der Waals surface area contributed by atoms with Crippen molar-refractivity contribution in [3.8, 4) is 0 Å². The summed E-state index contributed by atoms with van der Waals surface area (Å²) in [6.45, 7) is 0.831. The fraction of sp³-hybridized carbons (Fsp3) is 0.429. The molecule has 5 nitrogen and oxygen atoms in total. The van der Waals surface area contributed by atoms with Gasteiger partial charge in [0.25, 0.3) is 0 Å². The van der Waals surface area contributed by atoms with E-state index in [1.165, 1.54) is 13.2 Å². The van der Waals surface area contributed by atoms with E-state index in [2.05, 4.69) is 10.6 Å². The Bertz CT molecular complexity index is 513. The number of carbonyl (C=O) groups is 2. The van der Waals surface area contributed by atoms with Gasteiger partial charge in [-0.05, 0) is 37.6 Å². The second-order valence-corrected chi connectivity index (χ2v) is 5.11. The molecule has 1 saturated heterocycles. The summed E-state index contributed by atoms with van der Waals surface area (Å²) in [4.78, 5) is 23.8. The monoisotopic (exact) mass is 296 g/mol. The van der Waals surface area contributed by atoms with Gasteiger partial charge in [0.15, 0.2) is 0 Å². The molecular weight excluding hydrogens is 280 g/mol. The minimum absolute atomic E-state index is 0.155. The zero-order valence-electron chi connectivity index (χ0n) is 11.2. The van der Waals surface area contributed by atoms with E-state index < -0.39 is 5.97 Å².